The van der Waals surface area contributed by atoms with Crippen LogP contribution < -0.4 is 4.72 Å². The third kappa shape index (κ3) is 3.02. The van der Waals surface area contributed by atoms with E-state index < -0.39 is 16.0 Å². The average molecular weight is 331 g/mol. The van der Waals surface area contributed by atoms with Gasteiger partial charge in [-0.2, -0.15) is 5.10 Å². The number of anilines is 1. The Morgan fingerprint density at radius 1 is 1.22 bits per heavy atom. The van der Waals surface area contributed by atoms with Crippen molar-refractivity contribution < 1.29 is 17.9 Å². The van der Waals surface area contributed by atoms with Gasteiger partial charge in [0.05, 0.1) is 35.0 Å². The molecule has 1 aromatic heterocycles. The zero-order valence-corrected chi connectivity index (χ0v) is 12.9. The third-order valence-corrected chi connectivity index (χ3v) is 4.64. The molecule has 0 aliphatic rings. The Morgan fingerprint density at radius 3 is 2.83 bits per heavy atom. The molecule has 8 heteroatoms. The highest BCUT2D eigenvalue weighted by molar-refractivity contribution is 7.92. The number of aromatic amines is 1. The van der Waals surface area contributed by atoms with E-state index in [0.29, 0.717) is 11.2 Å². The maximum atomic E-state index is 12.5. The highest BCUT2D eigenvalue weighted by atomic mass is 32.2. The summed E-state index contributed by atoms with van der Waals surface area (Å²) in [6.07, 6.45) is 1.65. The Hall–Kier alpha value is -2.87. The molecule has 3 aromatic rings. The van der Waals surface area contributed by atoms with E-state index in [0.717, 1.165) is 5.39 Å². The van der Waals surface area contributed by atoms with E-state index in [9.17, 15) is 13.2 Å². The van der Waals surface area contributed by atoms with Gasteiger partial charge in [0.15, 0.2) is 0 Å². The summed E-state index contributed by atoms with van der Waals surface area (Å²) in [6, 6.07) is 10.7. The number of carbonyl (C=O) groups excluding carboxylic acids is 1. The van der Waals surface area contributed by atoms with Gasteiger partial charge < -0.3 is 4.74 Å². The molecule has 0 saturated carbocycles. The Balaban J connectivity index is 1.93. The van der Waals surface area contributed by atoms with E-state index >= 15 is 0 Å². The van der Waals surface area contributed by atoms with Crippen LogP contribution >= 0.6 is 0 Å². The molecule has 0 aliphatic carbocycles. The minimum atomic E-state index is -3.82. The number of nitrogens with zero attached hydrogens (tertiary/aromatic N) is 1. The first-order valence-electron chi connectivity index (χ1n) is 6.64. The van der Waals surface area contributed by atoms with E-state index in [2.05, 4.69) is 19.7 Å². The Labute approximate surface area is 132 Å². The summed E-state index contributed by atoms with van der Waals surface area (Å²) in [4.78, 5) is 11.5. The van der Waals surface area contributed by atoms with Crippen LogP contribution in [-0.4, -0.2) is 31.7 Å². The van der Waals surface area contributed by atoms with Crippen LogP contribution in [0.3, 0.4) is 0 Å². The van der Waals surface area contributed by atoms with E-state index in [1.54, 1.807) is 24.4 Å². The lowest BCUT2D eigenvalue weighted by Crippen LogP contribution is -2.14. The average Bonchev–Trinajstić information content (AvgIpc) is 3.01. The number of sulfonamides is 1. The Morgan fingerprint density at radius 2 is 2.04 bits per heavy atom. The first-order chi connectivity index (χ1) is 11.0. The van der Waals surface area contributed by atoms with Crippen molar-refractivity contribution in [1.82, 2.24) is 10.2 Å². The van der Waals surface area contributed by atoms with E-state index in [1.165, 1.54) is 31.4 Å². The fraction of sp³-hybridized carbons (Fsp3) is 0.0667. The van der Waals surface area contributed by atoms with E-state index in [1.807, 2.05) is 0 Å². The van der Waals surface area contributed by atoms with E-state index in [4.69, 9.17) is 0 Å². The summed E-state index contributed by atoms with van der Waals surface area (Å²) < 4.78 is 32.0. The minimum Gasteiger partial charge on any atom is -0.465 e. The topological polar surface area (TPSA) is 101 Å². The first-order valence-corrected chi connectivity index (χ1v) is 8.12. The maximum Gasteiger partial charge on any atom is 0.337 e. The molecule has 0 bridgehead atoms. The van der Waals surface area contributed by atoms with Crippen molar-refractivity contribution in [2.45, 2.75) is 4.90 Å². The lowest BCUT2D eigenvalue weighted by Gasteiger charge is -2.09. The van der Waals surface area contributed by atoms with Crippen LogP contribution in [-0.2, 0) is 14.8 Å². The monoisotopic (exact) mass is 331 g/mol. The maximum absolute atomic E-state index is 12.5. The number of aromatic nitrogens is 2. The predicted molar refractivity (Wildman–Crippen MR) is 84.7 cm³/mol. The van der Waals surface area contributed by atoms with Crippen LogP contribution in [0.1, 0.15) is 10.4 Å². The Kier molecular flexibility index (Phi) is 3.75. The molecule has 7 nitrogen and oxygen atoms in total. The van der Waals surface area contributed by atoms with Crippen molar-refractivity contribution >= 4 is 32.6 Å². The molecule has 0 fully saturated rings. The number of ether oxygens (including phenoxy) is 1. The minimum absolute atomic E-state index is 0.0230. The van der Waals surface area contributed by atoms with Crippen LogP contribution in [0.4, 0.5) is 5.69 Å². The van der Waals surface area contributed by atoms with Gasteiger partial charge in [0.25, 0.3) is 10.0 Å². The molecular weight excluding hydrogens is 318 g/mol. The van der Waals surface area contributed by atoms with Crippen molar-refractivity contribution in [3.05, 3.63) is 54.2 Å². The lowest BCUT2D eigenvalue weighted by atomic mass is 10.2. The molecule has 0 radical (unpaired) electrons. The molecule has 2 N–H and O–H groups in total. The molecule has 0 saturated heterocycles. The van der Waals surface area contributed by atoms with Gasteiger partial charge in [0, 0.05) is 5.39 Å². The van der Waals surface area contributed by atoms with Crippen molar-refractivity contribution in [3.8, 4) is 0 Å². The number of H-pyrrole nitrogens is 1. The van der Waals surface area contributed by atoms with Crippen LogP contribution in [0.15, 0.2) is 53.6 Å². The number of nitrogens with one attached hydrogen (secondary N) is 2. The normalized spacial score (nSPS) is 11.3. The van der Waals surface area contributed by atoms with Gasteiger partial charge in [0.1, 0.15) is 0 Å². The quantitative estimate of drug-likeness (QED) is 0.713. The lowest BCUT2D eigenvalue weighted by molar-refractivity contribution is 0.0600. The summed E-state index contributed by atoms with van der Waals surface area (Å²) in [5.74, 6) is -0.596. The molecule has 0 amide bonds. The van der Waals surface area contributed by atoms with Gasteiger partial charge in [-0.05, 0) is 36.4 Å². The molecule has 2 aromatic carbocycles. The molecule has 0 unspecified atom stereocenters. The number of rotatable bonds is 4. The van der Waals surface area contributed by atoms with Crippen LogP contribution in [0.5, 0.6) is 0 Å². The molecule has 1 heterocycles. The summed E-state index contributed by atoms with van der Waals surface area (Å²) in [5, 5.41) is 7.53. The van der Waals surface area contributed by atoms with Crippen LogP contribution in [0.2, 0.25) is 0 Å². The molecule has 3 rings (SSSR count). The fourth-order valence-electron chi connectivity index (χ4n) is 2.12. The summed E-state index contributed by atoms with van der Waals surface area (Å²) in [5.41, 5.74) is 1.28. The zero-order valence-electron chi connectivity index (χ0n) is 12.1. The van der Waals surface area contributed by atoms with Crippen LogP contribution in [0, 0.1) is 0 Å². The third-order valence-electron chi connectivity index (χ3n) is 3.26. The molecule has 0 spiro atoms. The molecule has 0 atom stereocenters. The number of carbonyl (C=O) groups is 1. The van der Waals surface area contributed by atoms with Gasteiger partial charge >= 0.3 is 5.97 Å². The van der Waals surface area contributed by atoms with E-state index in [-0.39, 0.29) is 10.5 Å². The summed E-state index contributed by atoms with van der Waals surface area (Å²) >= 11 is 0. The van der Waals surface area contributed by atoms with Gasteiger partial charge in [0.2, 0.25) is 0 Å². The predicted octanol–water partition coefficient (Wildman–Crippen LogP) is 2.15. The standard InChI is InChI=1S/C15H13N3O4S/c1-22-15(19)10-3-2-4-13(7-10)23(20,21)18-12-6-5-11-9-16-17-14(11)8-12/h2-9,18H,1H3,(H,16,17). The van der Waals surface area contributed by atoms with Crippen molar-refractivity contribution in [2.75, 3.05) is 11.8 Å². The number of hydrogen-bond acceptors (Lipinski definition) is 5. The number of esters is 1. The smallest absolute Gasteiger partial charge is 0.337 e. The highest BCUT2D eigenvalue weighted by Gasteiger charge is 2.17. The largest absolute Gasteiger partial charge is 0.465 e. The fourth-order valence-corrected chi connectivity index (χ4v) is 3.22. The molecular formula is C15H13N3O4S. The second kappa shape index (κ2) is 5.73. The van der Waals surface area contributed by atoms with Crippen molar-refractivity contribution in [1.29, 1.82) is 0 Å². The second-order valence-corrected chi connectivity index (χ2v) is 6.48. The summed E-state index contributed by atoms with van der Waals surface area (Å²) in [6.45, 7) is 0. The number of hydrogen-bond donors (Lipinski definition) is 2. The zero-order chi connectivity index (χ0) is 16.4. The first kappa shape index (κ1) is 15.0. The van der Waals surface area contributed by atoms with Gasteiger partial charge in [-0.15, -0.1) is 0 Å². The van der Waals surface area contributed by atoms with Gasteiger partial charge in [-0.25, -0.2) is 13.2 Å². The number of methoxy groups -OCH3 is 1. The molecule has 23 heavy (non-hydrogen) atoms. The summed E-state index contributed by atoms with van der Waals surface area (Å²) in [7, 11) is -2.58. The molecule has 118 valence electrons. The molecule has 0 aliphatic heterocycles. The SMILES string of the molecule is COC(=O)c1cccc(S(=O)(=O)Nc2ccc3cn[nH]c3c2)c1. The van der Waals surface area contributed by atoms with Gasteiger partial charge in [-0.1, -0.05) is 6.07 Å². The number of benzene rings is 2. The highest BCUT2D eigenvalue weighted by Crippen LogP contribution is 2.21. The van der Waals surface area contributed by atoms with Crippen molar-refractivity contribution in [2.24, 2.45) is 0 Å². The number of fused-ring (bicyclic) bond motifs is 1. The Bertz CT molecular complexity index is 979. The van der Waals surface area contributed by atoms with Crippen molar-refractivity contribution in [3.63, 3.8) is 0 Å². The van der Waals surface area contributed by atoms with Crippen LogP contribution in [0.25, 0.3) is 10.9 Å². The van der Waals surface area contributed by atoms with Gasteiger partial charge in [-0.3, -0.25) is 9.82 Å². The second-order valence-electron chi connectivity index (χ2n) is 4.80.